The van der Waals surface area contributed by atoms with E-state index in [0.717, 1.165) is 42.0 Å². The van der Waals surface area contributed by atoms with Crippen LogP contribution in [0.4, 0.5) is 11.5 Å². The first-order valence-corrected chi connectivity index (χ1v) is 10.9. The third kappa shape index (κ3) is 5.05. The molecule has 0 aliphatic rings. The molecule has 31 heavy (non-hydrogen) atoms. The number of H-pyrrole nitrogens is 1. The van der Waals surface area contributed by atoms with Crippen LogP contribution < -0.4 is 21.9 Å². The van der Waals surface area contributed by atoms with Crippen LogP contribution in [0.15, 0.2) is 52.1 Å². The number of carbonyl (C=O) groups is 1. The molecule has 3 aromatic rings. The summed E-state index contributed by atoms with van der Waals surface area (Å²) >= 11 is 0. The van der Waals surface area contributed by atoms with Gasteiger partial charge in [0.25, 0.3) is 5.56 Å². The molecular weight excluding hydrogens is 392 g/mol. The molecule has 0 spiro atoms. The highest BCUT2D eigenvalue weighted by atomic mass is 16.2. The summed E-state index contributed by atoms with van der Waals surface area (Å²) in [5.41, 5.74) is 6.01. The van der Waals surface area contributed by atoms with Crippen molar-refractivity contribution in [3.63, 3.8) is 0 Å². The van der Waals surface area contributed by atoms with E-state index in [1.165, 1.54) is 9.47 Å². The first kappa shape index (κ1) is 22.3. The van der Waals surface area contributed by atoms with Crippen molar-refractivity contribution in [2.45, 2.75) is 52.5 Å². The van der Waals surface area contributed by atoms with Gasteiger partial charge in [-0.2, -0.15) is 0 Å². The topological polar surface area (TPSA) is 101 Å². The van der Waals surface area contributed by atoms with Gasteiger partial charge in [0.05, 0.1) is 6.42 Å². The number of hydrogen-bond acceptors (Lipinski definition) is 4. The molecule has 1 heterocycles. The summed E-state index contributed by atoms with van der Waals surface area (Å²) in [7, 11) is 0. The van der Waals surface area contributed by atoms with Gasteiger partial charge in [-0.3, -0.25) is 19.1 Å². The van der Waals surface area contributed by atoms with Crippen LogP contribution >= 0.6 is 0 Å². The zero-order valence-corrected chi connectivity index (χ0v) is 18.2. The standard InChI is InChI=1S/C24H30N4O3/c1-3-5-13-27(21-22(25)28(14-6-4-2)24(31)26-23(21)30)20(29)16-17-11-12-18-9-7-8-10-19(18)15-17/h7-12,15H,3-6,13-14,16,25H2,1-2H3,(H,26,30,31). The van der Waals surface area contributed by atoms with E-state index in [9.17, 15) is 14.4 Å². The molecule has 2 aromatic carbocycles. The van der Waals surface area contributed by atoms with Crippen LogP contribution in [-0.2, 0) is 17.8 Å². The maximum atomic E-state index is 13.3. The molecule has 7 heteroatoms. The number of rotatable bonds is 9. The Morgan fingerprint density at radius 2 is 1.74 bits per heavy atom. The number of benzene rings is 2. The second-order valence-electron chi connectivity index (χ2n) is 7.76. The maximum Gasteiger partial charge on any atom is 0.330 e. The van der Waals surface area contributed by atoms with Gasteiger partial charge in [-0.1, -0.05) is 69.2 Å². The van der Waals surface area contributed by atoms with Gasteiger partial charge in [-0.05, 0) is 29.2 Å². The average molecular weight is 423 g/mol. The zero-order chi connectivity index (χ0) is 22.4. The Morgan fingerprint density at radius 3 is 2.45 bits per heavy atom. The second kappa shape index (κ2) is 10.1. The largest absolute Gasteiger partial charge is 0.383 e. The van der Waals surface area contributed by atoms with Crippen LogP contribution in [0.5, 0.6) is 0 Å². The molecule has 0 bridgehead atoms. The Labute approximate surface area is 181 Å². The van der Waals surface area contributed by atoms with Crippen molar-refractivity contribution in [3.05, 3.63) is 68.9 Å². The average Bonchev–Trinajstić information content (AvgIpc) is 2.75. The van der Waals surface area contributed by atoms with E-state index < -0.39 is 11.2 Å². The van der Waals surface area contributed by atoms with E-state index >= 15 is 0 Å². The van der Waals surface area contributed by atoms with Gasteiger partial charge >= 0.3 is 5.69 Å². The van der Waals surface area contributed by atoms with Gasteiger partial charge in [-0.15, -0.1) is 0 Å². The van der Waals surface area contributed by atoms with Crippen molar-refractivity contribution in [2.75, 3.05) is 17.2 Å². The minimum absolute atomic E-state index is 0.0464. The molecule has 1 aromatic heterocycles. The quantitative estimate of drug-likeness (QED) is 0.551. The Bertz CT molecular complexity index is 1180. The van der Waals surface area contributed by atoms with E-state index in [2.05, 4.69) is 4.98 Å². The molecule has 164 valence electrons. The molecule has 0 aliphatic carbocycles. The van der Waals surface area contributed by atoms with Crippen molar-refractivity contribution in [3.8, 4) is 0 Å². The van der Waals surface area contributed by atoms with E-state index in [1.54, 1.807) is 0 Å². The van der Waals surface area contributed by atoms with Crippen molar-refractivity contribution < 1.29 is 4.79 Å². The number of fused-ring (bicyclic) bond motifs is 1. The van der Waals surface area contributed by atoms with Crippen LogP contribution in [0.25, 0.3) is 10.8 Å². The fourth-order valence-corrected chi connectivity index (χ4v) is 3.67. The smallest absolute Gasteiger partial charge is 0.330 e. The number of hydrogen-bond donors (Lipinski definition) is 2. The lowest BCUT2D eigenvalue weighted by molar-refractivity contribution is -0.118. The highest BCUT2D eigenvalue weighted by Gasteiger charge is 2.24. The molecule has 0 unspecified atom stereocenters. The molecule has 0 fully saturated rings. The lowest BCUT2D eigenvalue weighted by atomic mass is 10.0. The predicted molar refractivity (Wildman–Crippen MR) is 126 cm³/mol. The number of amides is 1. The van der Waals surface area contributed by atoms with Crippen molar-refractivity contribution in [1.29, 1.82) is 0 Å². The second-order valence-corrected chi connectivity index (χ2v) is 7.76. The number of nitrogens with two attached hydrogens (primary N) is 1. The summed E-state index contributed by atoms with van der Waals surface area (Å²) in [6, 6.07) is 13.9. The Morgan fingerprint density at radius 1 is 1.03 bits per heavy atom. The van der Waals surface area contributed by atoms with Crippen LogP contribution in [-0.4, -0.2) is 22.0 Å². The summed E-state index contributed by atoms with van der Waals surface area (Å²) in [5.74, 6) is -0.174. The minimum Gasteiger partial charge on any atom is -0.383 e. The first-order valence-electron chi connectivity index (χ1n) is 10.9. The Balaban J connectivity index is 1.98. The van der Waals surface area contributed by atoms with Gasteiger partial charge in [0.15, 0.2) is 5.69 Å². The fourth-order valence-electron chi connectivity index (χ4n) is 3.67. The van der Waals surface area contributed by atoms with E-state index in [-0.39, 0.29) is 23.8 Å². The van der Waals surface area contributed by atoms with Crippen molar-refractivity contribution >= 4 is 28.2 Å². The van der Waals surface area contributed by atoms with Gasteiger partial charge in [-0.25, -0.2) is 4.79 Å². The monoisotopic (exact) mass is 422 g/mol. The number of unbranched alkanes of at least 4 members (excludes halogenated alkanes) is 2. The molecule has 0 radical (unpaired) electrons. The number of nitrogen functional groups attached to an aromatic ring is 1. The van der Waals surface area contributed by atoms with Crippen LogP contribution in [0.1, 0.15) is 45.1 Å². The molecule has 0 saturated carbocycles. The Kier molecular flexibility index (Phi) is 7.28. The minimum atomic E-state index is -0.627. The van der Waals surface area contributed by atoms with Gasteiger partial charge < -0.3 is 10.6 Å². The number of nitrogens with one attached hydrogen (secondary N) is 1. The number of anilines is 2. The van der Waals surface area contributed by atoms with Gasteiger partial charge in [0.1, 0.15) is 5.82 Å². The molecule has 3 N–H and O–H groups in total. The maximum absolute atomic E-state index is 13.3. The van der Waals surface area contributed by atoms with Crippen LogP contribution in [0, 0.1) is 0 Å². The highest BCUT2D eigenvalue weighted by Crippen LogP contribution is 2.21. The number of carbonyl (C=O) groups excluding carboxylic acids is 1. The SMILES string of the molecule is CCCCN(C(=O)Cc1ccc2ccccc2c1)c1c(N)n(CCCC)c(=O)[nH]c1=O. The molecule has 0 aliphatic heterocycles. The molecule has 0 saturated heterocycles. The number of aromatic amines is 1. The summed E-state index contributed by atoms with van der Waals surface area (Å²) < 4.78 is 1.35. The summed E-state index contributed by atoms with van der Waals surface area (Å²) in [6.07, 6.45) is 3.33. The third-order valence-corrected chi connectivity index (χ3v) is 5.42. The van der Waals surface area contributed by atoms with Crippen LogP contribution in [0.3, 0.4) is 0 Å². The molecule has 7 nitrogen and oxygen atoms in total. The Hall–Kier alpha value is -3.35. The lowest BCUT2D eigenvalue weighted by Crippen LogP contribution is -2.42. The van der Waals surface area contributed by atoms with Gasteiger partial charge in [0, 0.05) is 13.1 Å². The lowest BCUT2D eigenvalue weighted by Gasteiger charge is -2.24. The fraction of sp³-hybridized carbons (Fsp3) is 0.375. The van der Waals surface area contributed by atoms with E-state index in [0.29, 0.717) is 13.1 Å². The van der Waals surface area contributed by atoms with Gasteiger partial charge in [0.2, 0.25) is 5.91 Å². The van der Waals surface area contributed by atoms with Crippen molar-refractivity contribution in [2.24, 2.45) is 0 Å². The first-order chi connectivity index (χ1) is 15.0. The predicted octanol–water partition coefficient (Wildman–Crippen LogP) is 3.45. The summed E-state index contributed by atoms with van der Waals surface area (Å²) in [4.78, 5) is 42.0. The molecule has 1 amide bonds. The van der Waals surface area contributed by atoms with Crippen molar-refractivity contribution in [1.82, 2.24) is 9.55 Å². The number of nitrogens with zero attached hydrogens (tertiary/aromatic N) is 2. The molecular formula is C24H30N4O3. The zero-order valence-electron chi connectivity index (χ0n) is 18.2. The normalized spacial score (nSPS) is 11.0. The highest BCUT2D eigenvalue weighted by molar-refractivity contribution is 5.97. The summed E-state index contributed by atoms with van der Waals surface area (Å²) in [6.45, 7) is 4.78. The third-order valence-electron chi connectivity index (χ3n) is 5.42. The molecule has 3 rings (SSSR count). The molecule has 0 atom stereocenters. The number of aromatic nitrogens is 2. The van der Waals surface area contributed by atoms with Crippen LogP contribution in [0.2, 0.25) is 0 Å². The van der Waals surface area contributed by atoms with E-state index in [1.807, 2.05) is 56.3 Å². The van der Waals surface area contributed by atoms with E-state index in [4.69, 9.17) is 5.73 Å². The summed E-state index contributed by atoms with van der Waals surface area (Å²) in [5, 5.41) is 2.16.